The van der Waals surface area contributed by atoms with Crippen molar-refractivity contribution < 1.29 is 14.3 Å². The fraction of sp³-hybridized carbons (Fsp3) is 0.480. The van der Waals surface area contributed by atoms with Crippen LogP contribution < -0.4 is 0 Å². The molecule has 1 aliphatic carbocycles. The molecule has 0 radical (unpaired) electrons. The average molecular weight is 486 g/mol. The van der Waals surface area contributed by atoms with Gasteiger partial charge in [-0.2, -0.15) is 5.10 Å². The van der Waals surface area contributed by atoms with E-state index in [1.165, 1.54) is 11.3 Å². The highest BCUT2D eigenvalue weighted by atomic mass is 35.5. The number of rotatable bonds is 4. The zero-order valence-electron chi connectivity index (χ0n) is 19.4. The van der Waals surface area contributed by atoms with Gasteiger partial charge in [-0.05, 0) is 67.3 Å². The van der Waals surface area contributed by atoms with Crippen molar-refractivity contribution in [3.05, 3.63) is 45.9 Å². The molecule has 8 heteroatoms. The largest absolute Gasteiger partial charge is 0.451 e. The molecule has 2 unspecified atom stereocenters. The summed E-state index contributed by atoms with van der Waals surface area (Å²) in [4.78, 5) is 29.0. The van der Waals surface area contributed by atoms with Gasteiger partial charge in [0, 0.05) is 23.0 Å². The predicted octanol–water partition coefficient (Wildman–Crippen LogP) is 5.63. The van der Waals surface area contributed by atoms with E-state index < -0.39 is 5.97 Å². The van der Waals surface area contributed by atoms with Crippen molar-refractivity contribution in [1.82, 2.24) is 14.7 Å². The lowest BCUT2D eigenvalue weighted by Crippen LogP contribution is -2.39. The van der Waals surface area contributed by atoms with Gasteiger partial charge in [0.2, 0.25) is 0 Å². The molecule has 1 aliphatic heterocycles. The number of thiophene rings is 1. The molecule has 1 amide bonds. The van der Waals surface area contributed by atoms with Crippen molar-refractivity contribution in [1.29, 1.82) is 0 Å². The average Bonchev–Trinajstić information content (AvgIpc) is 3.37. The number of halogens is 1. The van der Waals surface area contributed by atoms with E-state index in [-0.39, 0.29) is 29.4 Å². The second kappa shape index (κ2) is 7.84. The first-order valence-electron chi connectivity index (χ1n) is 11.3. The van der Waals surface area contributed by atoms with Crippen LogP contribution in [0, 0.1) is 17.8 Å². The van der Waals surface area contributed by atoms with E-state index in [0.29, 0.717) is 9.90 Å². The number of aryl methyl sites for hydroxylation is 1. The topological polar surface area (TPSA) is 64.4 Å². The maximum Gasteiger partial charge on any atom is 0.348 e. The number of nitrogens with zero attached hydrogens (tertiary/aromatic N) is 3. The van der Waals surface area contributed by atoms with E-state index in [1.807, 2.05) is 36.1 Å². The zero-order valence-corrected chi connectivity index (χ0v) is 20.9. The minimum Gasteiger partial charge on any atom is -0.451 e. The van der Waals surface area contributed by atoms with Gasteiger partial charge in [-0.1, -0.05) is 32.4 Å². The molecule has 2 atom stereocenters. The van der Waals surface area contributed by atoms with Gasteiger partial charge < -0.3 is 9.64 Å². The highest BCUT2D eigenvalue weighted by molar-refractivity contribution is 7.20. The summed E-state index contributed by atoms with van der Waals surface area (Å²) in [6, 6.07) is 9.43. The summed E-state index contributed by atoms with van der Waals surface area (Å²) < 4.78 is 7.28. The molecule has 3 heterocycles. The molecule has 1 aromatic carbocycles. The summed E-state index contributed by atoms with van der Waals surface area (Å²) in [5.41, 5.74) is 2.08. The standard InChI is InChI=1S/C25H28ClN3O3S/c1-15-19-9-20(33-22(19)29(27-15)17-7-5-16(26)6-8-17)23(31)32-12-21(30)28-14-25(4)11-18(28)10-24(2,3)13-25/h5-9,18H,10-14H2,1-4H3. The number of aromatic nitrogens is 2. The highest BCUT2D eigenvalue weighted by Crippen LogP contribution is 2.52. The smallest absolute Gasteiger partial charge is 0.348 e. The monoisotopic (exact) mass is 485 g/mol. The molecule has 0 spiro atoms. The molecule has 2 bridgehead atoms. The van der Waals surface area contributed by atoms with E-state index in [2.05, 4.69) is 25.9 Å². The van der Waals surface area contributed by atoms with Crippen LogP contribution in [-0.2, 0) is 9.53 Å². The minimum atomic E-state index is -0.472. The number of amides is 1. The maximum atomic E-state index is 12.9. The Morgan fingerprint density at radius 1 is 1.21 bits per heavy atom. The van der Waals surface area contributed by atoms with Crippen LogP contribution in [-0.4, -0.2) is 45.8 Å². The number of esters is 1. The normalized spacial score (nSPS) is 23.8. The van der Waals surface area contributed by atoms with Crippen molar-refractivity contribution in [3.8, 4) is 5.69 Å². The highest BCUT2D eigenvalue weighted by Gasteiger charge is 2.50. The Kier molecular flexibility index (Phi) is 5.33. The third-order valence-corrected chi connectivity index (χ3v) is 8.22. The van der Waals surface area contributed by atoms with Crippen LogP contribution in [0.1, 0.15) is 55.4 Å². The summed E-state index contributed by atoms with van der Waals surface area (Å²) in [7, 11) is 0. The van der Waals surface area contributed by atoms with E-state index in [0.717, 1.165) is 47.4 Å². The quantitative estimate of drug-likeness (QED) is 0.449. The molecule has 5 rings (SSSR count). The van der Waals surface area contributed by atoms with Crippen molar-refractivity contribution in [2.24, 2.45) is 10.8 Å². The van der Waals surface area contributed by atoms with Crippen molar-refractivity contribution >= 4 is 45.0 Å². The van der Waals surface area contributed by atoms with Gasteiger partial charge in [-0.3, -0.25) is 4.79 Å². The molecule has 1 saturated heterocycles. The Morgan fingerprint density at radius 2 is 1.94 bits per heavy atom. The number of likely N-dealkylation sites (tertiary alicyclic amines) is 1. The number of benzene rings is 1. The molecule has 0 N–H and O–H groups in total. The number of hydrogen-bond donors (Lipinski definition) is 0. The number of ether oxygens (including phenoxy) is 1. The van der Waals surface area contributed by atoms with Gasteiger partial charge in [0.25, 0.3) is 5.91 Å². The number of carbonyl (C=O) groups is 2. The lowest BCUT2D eigenvalue weighted by molar-refractivity contribution is -0.135. The van der Waals surface area contributed by atoms with E-state index in [4.69, 9.17) is 16.3 Å². The van der Waals surface area contributed by atoms with Gasteiger partial charge in [0.05, 0.1) is 11.4 Å². The Morgan fingerprint density at radius 3 is 2.67 bits per heavy atom. The summed E-state index contributed by atoms with van der Waals surface area (Å²) in [5.74, 6) is -0.570. The van der Waals surface area contributed by atoms with Gasteiger partial charge in [-0.25, -0.2) is 9.48 Å². The number of fused-ring (bicyclic) bond motifs is 3. The molecule has 2 fully saturated rings. The Labute approximate surface area is 202 Å². The van der Waals surface area contributed by atoms with Crippen molar-refractivity contribution in [2.45, 2.75) is 53.0 Å². The molecular formula is C25H28ClN3O3S. The van der Waals surface area contributed by atoms with Crippen LogP contribution in [0.3, 0.4) is 0 Å². The first-order chi connectivity index (χ1) is 15.5. The van der Waals surface area contributed by atoms with E-state index in [9.17, 15) is 9.59 Å². The molecule has 6 nitrogen and oxygen atoms in total. The fourth-order valence-electron chi connectivity index (χ4n) is 5.94. The van der Waals surface area contributed by atoms with E-state index in [1.54, 1.807) is 10.7 Å². The van der Waals surface area contributed by atoms with Crippen LogP contribution in [0.15, 0.2) is 30.3 Å². The minimum absolute atomic E-state index is 0.0978. The molecular weight excluding hydrogens is 458 g/mol. The van der Waals surface area contributed by atoms with Crippen LogP contribution in [0.4, 0.5) is 0 Å². The molecule has 174 valence electrons. The molecule has 2 aliphatic rings. The molecule has 3 aromatic rings. The number of hydrogen-bond acceptors (Lipinski definition) is 5. The van der Waals surface area contributed by atoms with Gasteiger partial charge >= 0.3 is 5.97 Å². The van der Waals surface area contributed by atoms with Crippen molar-refractivity contribution in [3.63, 3.8) is 0 Å². The Hall–Kier alpha value is -2.38. The maximum absolute atomic E-state index is 12.9. The van der Waals surface area contributed by atoms with Crippen LogP contribution in [0.5, 0.6) is 0 Å². The summed E-state index contributed by atoms with van der Waals surface area (Å²) in [5, 5.41) is 6.15. The summed E-state index contributed by atoms with van der Waals surface area (Å²) >= 11 is 7.33. The second-order valence-electron chi connectivity index (χ2n) is 10.6. The SMILES string of the molecule is Cc1nn(-c2ccc(Cl)cc2)c2sc(C(=O)OCC(=O)N3CC4(C)CC3CC(C)(C)C4)cc12. The Bertz CT molecular complexity index is 1250. The first-order valence-corrected chi connectivity index (χ1v) is 12.4. The number of carbonyl (C=O) groups excluding carboxylic acids is 2. The van der Waals surface area contributed by atoms with Gasteiger partial charge in [0.1, 0.15) is 9.71 Å². The second-order valence-corrected chi connectivity index (χ2v) is 12.1. The van der Waals surface area contributed by atoms with Crippen LogP contribution >= 0.6 is 22.9 Å². The summed E-state index contributed by atoms with van der Waals surface area (Å²) in [6.07, 6.45) is 3.15. The predicted molar refractivity (Wildman–Crippen MR) is 130 cm³/mol. The van der Waals surface area contributed by atoms with Crippen molar-refractivity contribution in [2.75, 3.05) is 13.2 Å². The first kappa shape index (κ1) is 22.4. The van der Waals surface area contributed by atoms with Gasteiger partial charge in [-0.15, -0.1) is 11.3 Å². The van der Waals surface area contributed by atoms with E-state index >= 15 is 0 Å². The molecule has 33 heavy (non-hydrogen) atoms. The lowest BCUT2D eigenvalue weighted by atomic mass is 9.65. The molecule has 2 aromatic heterocycles. The van der Waals surface area contributed by atoms with Crippen LogP contribution in [0.25, 0.3) is 15.9 Å². The fourth-order valence-corrected chi connectivity index (χ4v) is 7.14. The zero-order chi connectivity index (χ0) is 23.5. The molecule has 1 saturated carbocycles. The van der Waals surface area contributed by atoms with Gasteiger partial charge in [0.15, 0.2) is 6.61 Å². The third kappa shape index (κ3) is 4.17. The summed E-state index contributed by atoms with van der Waals surface area (Å²) in [6.45, 7) is 9.26. The lowest BCUT2D eigenvalue weighted by Gasteiger charge is -2.39. The Balaban J connectivity index is 1.30. The van der Waals surface area contributed by atoms with Crippen LogP contribution in [0.2, 0.25) is 5.02 Å². The third-order valence-electron chi connectivity index (χ3n) is 6.88.